The van der Waals surface area contributed by atoms with Gasteiger partial charge in [-0.25, -0.2) is 14.2 Å². The van der Waals surface area contributed by atoms with Gasteiger partial charge in [0.05, 0.1) is 16.5 Å². The zero-order valence-corrected chi connectivity index (χ0v) is 22.7. The van der Waals surface area contributed by atoms with Gasteiger partial charge in [-0.15, -0.1) is 11.3 Å². The molecular weight excluding hydrogens is 523 g/mol. The molecule has 1 aliphatic heterocycles. The molecule has 38 heavy (non-hydrogen) atoms. The van der Waals surface area contributed by atoms with Gasteiger partial charge < -0.3 is 5.32 Å². The molecule has 2 fully saturated rings. The molecule has 0 radical (unpaired) electrons. The summed E-state index contributed by atoms with van der Waals surface area (Å²) in [6, 6.07) is 8.91. The van der Waals surface area contributed by atoms with E-state index in [2.05, 4.69) is 16.4 Å². The van der Waals surface area contributed by atoms with Crippen molar-refractivity contribution in [3.8, 4) is 0 Å². The maximum Gasteiger partial charge on any atom is 0.333 e. The number of amides is 1. The highest BCUT2D eigenvalue weighted by Gasteiger charge is 2.30. The number of aryl methyl sites for hydroxylation is 1. The average Bonchev–Trinajstić information content (AvgIpc) is 3.34. The third-order valence-electron chi connectivity index (χ3n) is 7.77. The summed E-state index contributed by atoms with van der Waals surface area (Å²) in [5.74, 6) is 1.19. The van der Waals surface area contributed by atoms with Gasteiger partial charge in [-0.05, 0) is 80.5 Å². The lowest BCUT2D eigenvalue weighted by Gasteiger charge is -2.31. The van der Waals surface area contributed by atoms with E-state index >= 15 is 0 Å². The van der Waals surface area contributed by atoms with Crippen molar-refractivity contribution in [1.29, 1.82) is 0 Å². The van der Waals surface area contributed by atoms with Crippen LogP contribution in [-0.2, 0) is 0 Å². The van der Waals surface area contributed by atoms with Crippen molar-refractivity contribution in [3.05, 3.63) is 73.6 Å². The Hall–Kier alpha value is -2.98. The molecule has 0 atom stereocenters. The van der Waals surface area contributed by atoms with Crippen LogP contribution >= 0.6 is 23.1 Å². The third-order valence-corrected chi connectivity index (χ3v) is 9.94. The van der Waals surface area contributed by atoms with Gasteiger partial charge in [0.15, 0.2) is 0 Å². The van der Waals surface area contributed by atoms with E-state index in [1.165, 1.54) is 22.0 Å². The number of halogens is 1. The number of rotatable bonds is 4. The first-order valence-corrected chi connectivity index (χ1v) is 15.1. The Morgan fingerprint density at radius 1 is 1.00 bits per heavy atom. The van der Waals surface area contributed by atoms with Crippen LogP contribution in [0.15, 0.2) is 46.1 Å². The Bertz CT molecular complexity index is 1650. The largest absolute Gasteiger partial charge is 0.349 e. The molecule has 1 N–H and O–H groups in total. The SMILES string of the molecule is Cc1ccc2sc(C(=O)NC3CCC(n4c(=O)c5cc(F)cnc5n(C5CCSCC5)c4=O)CC3)cc2c1. The van der Waals surface area contributed by atoms with Crippen LogP contribution in [0.25, 0.3) is 21.1 Å². The lowest BCUT2D eigenvalue weighted by Crippen LogP contribution is -2.46. The van der Waals surface area contributed by atoms with E-state index in [0.29, 0.717) is 30.6 Å². The summed E-state index contributed by atoms with van der Waals surface area (Å²) < 4.78 is 18.2. The molecule has 2 aliphatic rings. The average molecular weight is 553 g/mol. The van der Waals surface area contributed by atoms with Gasteiger partial charge in [-0.3, -0.25) is 18.7 Å². The quantitative estimate of drug-likeness (QED) is 0.376. The number of hydrogen-bond acceptors (Lipinski definition) is 6. The van der Waals surface area contributed by atoms with Gasteiger partial charge in [0.1, 0.15) is 11.5 Å². The number of thioether (sulfide) groups is 1. The highest BCUT2D eigenvalue weighted by molar-refractivity contribution is 7.99. The number of carbonyl (C=O) groups excluding carboxylic acids is 1. The van der Waals surface area contributed by atoms with E-state index < -0.39 is 11.4 Å². The standard InChI is InChI=1S/C28H29FN4O3S2/c1-16-2-7-23-17(12-16)13-24(38-23)26(34)31-19-3-5-20(6-4-19)33-27(35)22-14-18(29)15-30-25(22)32(28(33)36)21-8-10-37-11-9-21/h2,7,12-15,19-21H,3-6,8-11H2,1H3,(H,31,34). The molecule has 0 unspecified atom stereocenters. The molecule has 10 heteroatoms. The van der Waals surface area contributed by atoms with Gasteiger partial charge in [0.25, 0.3) is 11.5 Å². The molecule has 6 rings (SSSR count). The van der Waals surface area contributed by atoms with Crippen LogP contribution in [0.4, 0.5) is 4.39 Å². The molecule has 7 nitrogen and oxygen atoms in total. The molecule has 0 bridgehead atoms. The molecule has 1 saturated carbocycles. The van der Waals surface area contributed by atoms with Crippen molar-refractivity contribution in [2.24, 2.45) is 0 Å². The minimum absolute atomic E-state index is 0.0291. The summed E-state index contributed by atoms with van der Waals surface area (Å²) in [7, 11) is 0. The summed E-state index contributed by atoms with van der Waals surface area (Å²) in [6.07, 6.45) is 5.18. The summed E-state index contributed by atoms with van der Waals surface area (Å²) in [5.41, 5.74) is 0.594. The van der Waals surface area contributed by atoms with E-state index in [1.54, 1.807) is 4.57 Å². The Morgan fingerprint density at radius 2 is 1.74 bits per heavy atom. The van der Waals surface area contributed by atoms with E-state index in [4.69, 9.17) is 0 Å². The van der Waals surface area contributed by atoms with Crippen LogP contribution in [0.1, 0.15) is 65.8 Å². The van der Waals surface area contributed by atoms with E-state index in [1.807, 2.05) is 36.9 Å². The molecule has 1 saturated heterocycles. The molecule has 4 heterocycles. The first-order chi connectivity index (χ1) is 18.4. The smallest absolute Gasteiger partial charge is 0.333 e. The zero-order chi connectivity index (χ0) is 26.4. The highest BCUT2D eigenvalue weighted by Crippen LogP contribution is 2.31. The molecule has 1 amide bonds. The van der Waals surface area contributed by atoms with E-state index in [0.717, 1.165) is 46.2 Å². The number of fused-ring (bicyclic) bond motifs is 2. The number of benzene rings is 1. The van der Waals surface area contributed by atoms with Crippen molar-refractivity contribution in [3.63, 3.8) is 0 Å². The number of thiophene rings is 1. The molecule has 3 aromatic heterocycles. The van der Waals surface area contributed by atoms with Crippen LogP contribution in [0.5, 0.6) is 0 Å². The second kappa shape index (κ2) is 10.3. The second-order valence-electron chi connectivity index (χ2n) is 10.3. The van der Waals surface area contributed by atoms with Crippen LogP contribution < -0.4 is 16.6 Å². The topological polar surface area (TPSA) is 86.0 Å². The van der Waals surface area contributed by atoms with Crippen LogP contribution in [0.3, 0.4) is 0 Å². The Labute approximate surface area is 227 Å². The zero-order valence-electron chi connectivity index (χ0n) is 21.1. The Morgan fingerprint density at radius 3 is 2.50 bits per heavy atom. The normalized spacial score (nSPS) is 20.7. The number of carbonyl (C=O) groups is 1. The fourth-order valence-corrected chi connectivity index (χ4v) is 7.84. The fourth-order valence-electron chi connectivity index (χ4n) is 5.81. The van der Waals surface area contributed by atoms with Crippen molar-refractivity contribution in [2.75, 3.05) is 11.5 Å². The number of nitrogens with one attached hydrogen (secondary N) is 1. The second-order valence-corrected chi connectivity index (χ2v) is 12.6. The van der Waals surface area contributed by atoms with Crippen LogP contribution in [-0.4, -0.2) is 37.6 Å². The van der Waals surface area contributed by atoms with Crippen molar-refractivity contribution in [1.82, 2.24) is 19.4 Å². The minimum atomic E-state index is -0.589. The van der Waals surface area contributed by atoms with Crippen molar-refractivity contribution >= 4 is 50.1 Å². The Kier molecular flexibility index (Phi) is 6.86. The summed E-state index contributed by atoms with van der Waals surface area (Å²) >= 11 is 3.33. The lowest BCUT2D eigenvalue weighted by atomic mass is 9.90. The number of aromatic nitrogens is 3. The third kappa shape index (κ3) is 4.68. The maximum atomic E-state index is 14.1. The van der Waals surface area contributed by atoms with E-state index in [9.17, 15) is 18.8 Å². The molecular formula is C28H29FN4O3S2. The molecule has 1 aromatic carbocycles. The number of hydrogen-bond donors (Lipinski definition) is 1. The van der Waals surface area contributed by atoms with Gasteiger partial charge in [-0.2, -0.15) is 11.8 Å². The summed E-state index contributed by atoms with van der Waals surface area (Å²) in [4.78, 5) is 45.1. The van der Waals surface area contributed by atoms with E-state index in [-0.39, 0.29) is 40.8 Å². The van der Waals surface area contributed by atoms with Gasteiger partial charge in [0.2, 0.25) is 0 Å². The van der Waals surface area contributed by atoms with Crippen molar-refractivity contribution < 1.29 is 9.18 Å². The monoisotopic (exact) mass is 552 g/mol. The highest BCUT2D eigenvalue weighted by atomic mass is 32.2. The first-order valence-electron chi connectivity index (χ1n) is 13.1. The van der Waals surface area contributed by atoms with Gasteiger partial charge >= 0.3 is 5.69 Å². The molecule has 198 valence electrons. The van der Waals surface area contributed by atoms with Crippen LogP contribution in [0, 0.1) is 12.7 Å². The summed E-state index contributed by atoms with van der Waals surface area (Å²) in [5, 5.41) is 4.37. The predicted molar refractivity (Wildman–Crippen MR) is 151 cm³/mol. The van der Waals surface area contributed by atoms with Crippen LogP contribution in [0.2, 0.25) is 0 Å². The number of nitrogens with zero attached hydrogens (tertiary/aromatic N) is 3. The predicted octanol–water partition coefficient (Wildman–Crippen LogP) is 5.20. The molecule has 1 aliphatic carbocycles. The van der Waals surface area contributed by atoms with Gasteiger partial charge in [0, 0.05) is 22.8 Å². The summed E-state index contributed by atoms with van der Waals surface area (Å²) in [6.45, 7) is 2.03. The maximum absolute atomic E-state index is 14.1. The first kappa shape index (κ1) is 25.3. The van der Waals surface area contributed by atoms with Gasteiger partial charge in [-0.1, -0.05) is 17.7 Å². The minimum Gasteiger partial charge on any atom is -0.349 e. The molecule has 0 spiro atoms. The van der Waals surface area contributed by atoms with Crippen molar-refractivity contribution in [2.45, 2.75) is 63.6 Å². The lowest BCUT2D eigenvalue weighted by molar-refractivity contribution is 0.0926. The number of pyridine rings is 1. The fraction of sp³-hybridized carbons (Fsp3) is 0.429. The Balaban J connectivity index is 1.24. The molecule has 4 aromatic rings.